The number of rotatable bonds is 14. The molecule has 1 aliphatic heterocycles. The van der Waals surface area contributed by atoms with Gasteiger partial charge < -0.3 is 24.8 Å². The highest BCUT2D eigenvalue weighted by Gasteiger charge is 2.23. The monoisotopic (exact) mass is 420 g/mol. The molecule has 7 nitrogen and oxygen atoms in total. The van der Waals surface area contributed by atoms with Crippen molar-refractivity contribution in [3.63, 3.8) is 0 Å². The maximum absolute atomic E-state index is 5.62. The van der Waals surface area contributed by atoms with E-state index in [-0.39, 0.29) is 0 Å². The predicted molar refractivity (Wildman–Crippen MR) is 122 cm³/mol. The average molecular weight is 421 g/mol. The highest BCUT2D eigenvalue weighted by molar-refractivity contribution is 5.79. The third kappa shape index (κ3) is 8.90. The fourth-order valence-corrected chi connectivity index (χ4v) is 3.56. The Balaban J connectivity index is 1.73. The molecule has 2 rings (SSSR count). The zero-order valence-corrected chi connectivity index (χ0v) is 19.0. The van der Waals surface area contributed by atoms with Gasteiger partial charge in [-0.05, 0) is 50.0 Å². The quantitative estimate of drug-likeness (QED) is 0.274. The van der Waals surface area contributed by atoms with Crippen LogP contribution in [0, 0.1) is 0 Å². The number of nitrogens with zero attached hydrogens (tertiary/aromatic N) is 2. The minimum atomic E-state index is 0.313. The van der Waals surface area contributed by atoms with Gasteiger partial charge in [0.25, 0.3) is 0 Å². The molecule has 0 radical (unpaired) electrons. The number of guanidine groups is 1. The summed E-state index contributed by atoms with van der Waals surface area (Å²) in [5.41, 5.74) is 1.30. The summed E-state index contributed by atoms with van der Waals surface area (Å²) >= 11 is 0. The zero-order chi connectivity index (χ0) is 21.4. The third-order valence-corrected chi connectivity index (χ3v) is 5.32. The van der Waals surface area contributed by atoms with Gasteiger partial charge in [0.15, 0.2) is 5.96 Å². The molecule has 30 heavy (non-hydrogen) atoms. The van der Waals surface area contributed by atoms with Crippen molar-refractivity contribution in [3.05, 3.63) is 29.8 Å². The summed E-state index contributed by atoms with van der Waals surface area (Å²) in [5, 5.41) is 6.82. The van der Waals surface area contributed by atoms with Gasteiger partial charge in [-0.3, -0.25) is 9.89 Å². The molecule has 1 aliphatic rings. The Morgan fingerprint density at radius 3 is 2.37 bits per heavy atom. The highest BCUT2D eigenvalue weighted by Crippen LogP contribution is 2.26. The van der Waals surface area contributed by atoms with Crippen molar-refractivity contribution in [2.45, 2.75) is 38.6 Å². The Kier molecular flexibility index (Phi) is 12.3. The fourth-order valence-electron chi connectivity index (χ4n) is 3.56. The van der Waals surface area contributed by atoms with Gasteiger partial charge in [0, 0.05) is 26.7 Å². The van der Waals surface area contributed by atoms with E-state index in [1.165, 1.54) is 18.4 Å². The average Bonchev–Trinajstić information content (AvgIpc) is 3.31. The molecule has 1 aromatic carbocycles. The van der Waals surface area contributed by atoms with E-state index in [4.69, 9.17) is 14.2 Å². The summed E-state index contributed by atoms with van der Waals surface area (Å²) in [6.45, 7) is 8.70. The third-order valence-electron chi connectivity index (χ3n) is 5.32. The van der Waals surface area contributed by atoms with Crippen molar-refractivity contribution >= 4 is 5.96 Å². The number of ether oxygens (including phenoxy) is 3. The second kappa shape index (κ2) is 15.0. The molecule has 0 amide bonds. The summed E-state index contributed by atoms with van der Waals surface area (Å²) in [6, 6.07) is 8.71. The van der Waals surface area contributed by atoms with E-state index >= 15 is 0 Å². The molecule has 0 aromatic heterocycles. The fraction of sp³-hybridized carbons (Fsp3) is 0.696. The largest absolute Gasteiger partial charge is 0.497 e. The van der Waals surface area contributed by atoms with Crippen LogP contribution in [0.25, 0.3) is 0 Å². The van der Waals surface area contributed by atoms with E-state index in [0.717, 1.165) is 50.8 Å². The molecule has 7 heteroatoms. The number of aliphatic imine (C=N–C) groups is 1. The lowest BCUT2D eigenvalue weighted by molar-refractivity contribution is 0.0487. The number of benzene rings is 1. The molecule has 170 valence electrons. The van der Waals surface area contributed by atoms with Gasteiger partial charge in [-0.15, -0.1) is 0 Å². The number of hydrogen-bond donors (Lipinski definition) is 2. The second-order valence-electron chi connectivity index (χ2n) is 7.49. The van der Waals surface area contributed by atoms with Crippen LogP contribution in [0.1, 0.15) is 44.2 Å². The summed E-state index contributed by atoms with van der Waals surface area (Å²) in [4.78, 5) is 6.90. The van der Waals surface area contributed by atoms with Crippen LogP contribution in [0.5, 0.6) is 5.75 Å². The van der Waals surface area contributed by atoms with Crippen LogP contribution in [0.2, 0.25) is 0 Å². The van der Waals surface area contributed by atoms with Gasteiger partial charge in [0.1, 0.15) is 5.75 Å². The van der Waals surface area contributed by atoms with Crippen LogP contribution in [0.15, 0.2) is 29.3 Å². The Morgan fingerprint density at radius 1 is 1.03 bits per heavy atom. The van der Waals surface area contributed by atoms with E-state index in [0.29, 0.717) is 32.4 Å². The van der Waals surface area contributed by atoms with Crippen molar-refractivity contribution in [2.24, 2.45) is 4.99 Å². The number of methoxy groups -OCH3 is 1. The SMILES string of the molecule is CCCCOCCOCCNC(=NC)NCC(c1ccc(OC)cc1)N1CCCC1. The smallest absolute Gasteiger partial charge is 0.191 e. The van der Waals surface area contributed by atoms with Crippen molar-refractivity contribution in [1.29, 1.82) is 0 Å². The predicted octanol–water partition coefficient (Wildman–Crippen LogP) is 2.83. The molecule has 0 saturated carbocycles. The van der Waals surface area contributed by atoms with Gasteiger partial charge in [-0.1, -0.05) is 25.5 Å². The zero-order valence-electron chi connectivity index (χ0n) is 19.0. The Bertz CT molecular complexity index is 589. The molecule has 1 fully saturated rings. The van der Waals surface area contributed by atoms with E-state index in [1.807, 2.05) is 12.1 Å². The number of unbranched alkanes of at least 4 members (excludes halogenated alkanes) is 1. The minimum absolute atomic E-state index is 0.313. The van der Waals surface area contributed by atoms with Crippen LogP contribution in [-0.4, -0.2) is 77.6 Å². The summed E-state index contributed by atoms with van der Waals surface area (Å²) in [7, 11) is 3.50. The Morgan fingerprint density at radius 2 is 1.73 bits per heavy atom. The molecule has 1 heterocycles. The highest BCUT2D eigenvalue weighted by atomic mass is 16.5. The van der Waals surface area contributed by atoms with Crippen LogP contribution in [-0.2, 0) is 9.47 Å². The summed E-state index contributed by atoms with van der Waals surface area (Å²) in [6.07, 6.45) is 4.80. The molecule has 1 saturated heterocycles. The van der Waals surface area contributed by atoms with Crippen molar-refractivity contribution in [1.82, 2.24) is 15.5 Å². The second-order valence-corrected chi connectivity index (χ2v) is 7.49. The standard InChI is InChI=1S/C23H40N4O3/c1-4-5-15-29-17-18-30-16-12-25-23(24-2)26-19-22(27-13-6-7-14-27)20-8-10-21(28-3)11-9-20/h8-11,22H,4-7,12-19H2,1-3H3,(H2,24,25,26). The van der Waals surface area contributed by atoms with Crippen LogP contribution < -0.4 is 15.4 Å². The maximum atomic E-state index is 5.62. The van der Waals surface area contributed by atoms with Crippen molar-refractivity contribution in [2.75, 3.05) is 66.8 Å². The summed E-state index contributed by atoms with van der Waals surface area (Å²) in [5.74, 6) is 1.69. The summed E-state index contributed by atoms with van der Waals surface area (Å²) < 4.78 is 16.4. The molecule has 1 aromatic rings. The van der Waals surface area contributed by atoms with Crippen LogP contribution in [0.3, 0.4) is 0 Å². The van der Waals surface area contributed by atoms with Gasteiger partial charge in [-0.25, -0.2) is 0 Å². The topological polar surface area (TPSA) is 67.3 Å². The number of likely N-dealkylation sites (tertiary alicyclic amines) is 1. The van der Waals surface area contributed by atoms with E-state index in [1.54, 1.807) is 14.2 Å². The number of hydrogen-bond acceptors (Lipinski definition) is 5. The molecule has 2 N–H and O–H groups in total. The minimum Gasteiger partial charge on any atom is -0.497 e. The van der Waals surface area contributed by atoms with Gasteiger partial charge in [0.2, 0.25) is 0 Å². The molecule has 0 spiro atoms. The molecule has 0 bridgehead atoms. The number of nitrogens with one attached hydrogen (secondary N) is 2. The first-order chi connectivity index (χ1) is 14.8. The molecular weight excluding hydrogens is 380 g/mol. The van der Waals surface area contributed by atoms with Crippen LogP contribution in [0.4, 0.5) is 0 Å². The first-order valence-corrected chi connectivity index (χ1v) is 11.3. The molecule has 1 unspecified atom stereocenters. The van der Waals surface area contributed by atoms with Gasteiger partial charge in [0.05, 0.1) is 33.0 Å². The van der Waals surface area contributed by atoms with E-state index in [9.17, 15) is 0 Å². The normalized spacial score (nSPS) is 15.9. The lowest BCUT2D eigenvalue weighted by atomic mass is 10.1. The maximum Gasteiger partial charge on any atom is 0.191 e. The lowest BCUT2D eigenvalue weighted by Gasteiger charge is -2.29. The van der Waals surface area contributed by atoms with E-state index < -0.39 is 0 Å². The lowest BCUT2D eigenvalue weighted by Crippen LogP contribution is -2.43. The molecular formula is C23H40N4O3. The molecule has 1 atom stereocenters. The van der Waals surface area contributed by atoms with E-state index in [2.05, 4.69) is 39.6 Å². The Hall–Kier alpha value is -1.83. The van der Waals surface area contributed by atoms with Crippen molar-refractivity contribution < 1.29 is 14.2 Å². The Labute approximate surface area is 182 Å². The van der Waals surface area contributed by atoms with Crippen molar-refractivity contribution in [3.8, 4) is 5.75 Å². The van der Waals surface area contributed by atoms with Gasteiger partial charge in [-0.2, -0.15) is 0 Å². The first kappa shape index (κ1) is 24.4. The first-order valence-electron chi connectivity index (χ1n) is 11.3. The molecule has 0 aliphatic carbocycles. The van der Waals surface area contributed by atoms with Crippen LogP contribution >= 0.6 is 0 Å². The van der Waals surface area contributed by atoms with Gasteiger partial charge >= 0.3 is 0 Å².